The molecule has 0 saturated heterocycles. The molecule has 3 aromatic carbocycles. The van der Waals surface area contributed by atoms with Crippen LogP contribution < -0.4 is 10.6 Å². The van der Waals surface area contributed by atoms with Crippen molar-refractivity contribution in [3.63, 3.8) is 0 Å². The second kappa shape index (κ2) is 8.88. The van der Waals surface area contributed by atoms with Crippen LogP contribution in [0.25, 0.3) is 11.3 Å². The molecule has 0 fully saturated rings. The number of anilines is 3. The normalized spacial score (nSPS) is 10.5. The summed E-state index contributed by atoms with van der Waals surface area (Å²) >= 11 is 3.41. The van der Waals surface area contributed by atoms with Crippen LogP contribution in [0.15, 0.2) is 89.7 Å². The molecule has 0 saturated carbocycles. The van der Waals surface area contributed by atoms with Gasteiger partial charge in [0, 0.05) is 33.0 Å². The molecule has 0 aliphatic carbocycles. The predicted octanol–water partition coefficient (Wildman–Crippen LogP) is 6.21. The summed E-state index contributed by atoms with van der Waals surface area (Å²) < 4.78 is 0.906. The lowest BCUT2D eigenvalue weighted by Crippen LogP contribution is -2.12. The Bertz CT molecular complexity index is 1210. The van der Waals surface area contributed by atoms with Gasteiger partial charge in [0.25, 0.3) is 5.91 Å². The number of rotatable bonds is 5. The molecule has 148 valence electrons. The fraction of sp³-hybridized carbons (Fsp3) is 0.0417. The highest BCUT2D eigenvalue weighted by molar-refractivity contribution is 9.10. The van der Waals surface area contributed by atoms with Crippen LogP contribution in [0.5, 0.6) is 0 Å². The summed E-state index contributed by atoms with van der Waals surface area (Å²) in [6, 6.07) is 24.8. The van der Waals surface area contributed by atoms with Crippen LogP contribution in [0.2, 0.25) is 0 Å². The second-order valence-electron chi connectivity index (χ2n) is 6.83. The maximum Gasteiger partial charge on any atom is 0.255 e. The van der Waals surface area contributed by atoms with Gasteiger partial charge < -0.3 is 10.6 Å². The molecule has 1 aromatic heterocycles. The summed E-state index contributed by atoms with van der Waals surface area (Å²) in [5.41, 5.74) is 5.08. The number of hydrogen-bond donors (Lipinski definition) is 2. The molecular weight excluding hydrogens is 440 g/mol. The van der Waals surface area contributed by atoms with Crippen LogP contribution in [-0.2, 0) is 0 Å². The standard InChI is InChI=1S/C24H19BrN4O/c1-16-5-2-6-17(11-16)22-14-23(27-15-26-22)28-20-9-3-7-18(12-20)24(30)29-21-10-4-8-19(25)13-21/h2-15H,1H3,(H,29,30)(H,26,27,28). The van der Waals surface area contributed by atoms with Gasteiger partial charge in [-0.1, -0.05) is 51.8 Å². The molecule has 0 radical (unpaired) electrons. The summed E-state index contributed by atoms with van der Waals surface area (Å²) in [5.74, 6) is 0.478. The number of nitrogens with one attached hydrogen (secondary N) is 2. The molecule has 0 atom stereocenters. The SMILES string of the molecule is Cc1cccc(-c2cc(Nc3cccc(C(=O)Nc4cccc(Br)c4)c3)ncn2)c1. The van der Waals surface area contributed by atoms with Crippen LogP contribution in [-0.4, -0.2) is 15.9 Å². The number of nitrogens with zero attached hydrogens (tertiary/aromatic N) is 2. The highest BCUT2D eigenvalue weighted by Gasteiger charge is 2.08. The van der Waals surface area contributed by atoms with E-state index in [1.54, 1.807) is 12.1 Å². The molecule has 2 N–H and O–H groups in total. The first-order valence-corrected chi connectivity index (χ1v) is 10.2. The van der Waals surface area contributed by atoms with Crippen LogP contribution in [0.1, 0.15) is 15.9 Å². The molecule has 0 spiro atoms. The molecular formula is C24H19BrN4O. The third-order valence-electron chi connectivity index (χ3n) is 4.46. The number of aromatic nitrogens is 2. The number of amides is 1. The van der Waals surface area contributed by atoms with E-state index in [4.69, 9.17) is 0 Å². The minimum Gasteiger partial charge on any atom is -0.340 e. The molecule has 0 bridgehead atoms. The van der Waals surface area contributed by atoms with Crippen molar-refractivity contribution >= 4 is 39.0 Å². The lowest BCUT2D eigenvalue weighted by molar-refractivity contribution is 0.102. The molecule has 30 heavy (non-hydrogen) atoms. The Hall–Kier alpha value is -3.51. The van der Waals surface area contributed by atoms with E-state index < -0.39 is 0 Å². The van der Waals surface area contributed by atoms with Crippen molar-refractivity contribution in [2.75, 3.05) is 10.6 Å². The number of halogens is 1. The van der Waals surface area contributed by atoms with Crippen LogP contribution in [0.4, 0.5) is 17.2 Å². The largest absolute Gasteiger partial charge is 0.340 e. The Labute approximate surface area is 183 Å². The lowest BCUT2D eigenvalue weighted by atomic mass is 10.1. The van der Waals surface area contributed by atoms with Gasteiger partial charge in [-0.05, 0) is 49.4 Å². The summed E-state index contributed by atoms with van der Waals surface area (Å²) in [7, 11) is 0. The van der Waals surface area contributed by atoms with Crippen LogP contribution in [0, 0.1) is 6.92 Å². The lowest BCUT2D eigenvalue weighted by Gasteiger charge is -2.10. The zero-order valence-electron chi connectivity index (χ0n) is 16.3. The monoisotopic (exact) mass is 458 g/mol. The van der Waals surface area contributed by atoms with Crippen molar-refractivity contribution in [2.45, 2.75) is 6.92 Å². The fourth-order valence-corrected chi connectivity index (χ4v) is 3.44. The van der Waals surface area contributed by atoms with Crippen molar-refractivity contribution in [3.05, 3.63) is 101 Å². The molecule has 4 aromatic rings. The maximum absolute atomic E-state index is 12.6. The third-order valence-corrected chi connectivity index (χ3v) is 4.95. The number of hydrogen-bond acceptors (Lipinski definition) is 4. The van der Waals surface area contributed by atoms with E-state index in [1.165, 1.54) is 11.9 Å². The maximum atomic E-state index is 12.6. The van der Waals surface area contributed by atoms with Gasteiger partial charge >= 0.3 is 0 Å². The minimum atomic E-state index is -0.181. The Morgan fingerprint density at radius 1 is 0.867 bits per heavy atom. The van der Waals surface area contributed by atoms with Crippen molar-refractivity contribution < 1.29 is 4.79 Å². The van der Waals surface area contributed by atoms with Crippen LogP contribution in [0.3, 0.4) is 0 Å². The summed E-state index contributed by atoms with van der Waals surface area (Å²) in [6.45, 7) is 2.05. The van der Waals surface area contributed by atoms with Crippen LogP contribution >= 0.6 is 15.9 Å². The molecule has 1 amide bonds. The summed E-state index contributed by atoms with van der Waals surface area (Å²) in [6.07, 6.45) is 1.53. The fourth-order valence-electron chi connectivity index (χ4n) is 3.04. The molecule has 0 aliphatic heterocycles. The van der Waals surface area contributed by atoms with Gasteiger partial charge in [0.15, 0.2) is 0 Å². The predicted molar refractivity (Wildman–Crippen MR) is 124 cm³/mol. The Morgan fingerprint density at radius 3 is 2.50 bits per heavy atom. The quantitative estimate of drug-likeness (QED) is 0.372. The van der Waals surface area contributed by atoms with E-state index in [1.807, 2.05) is 54.6 Å². The number of benzene rings is 3. The van der Waals surface area contributed by atoms with E-state index in [0.29, 0.717) is 11.4 Å². The molecule has 4 rings (SSSR count). The Balaban J connectivity index is 1.52. The number of carbonyl (C=O) groups excluding carboxylic acids is 1. The molecule has 1 heterocycles. The number of aryl methyl sites for hydroxylation is 1. The van der Waals surface area contributed by atoms with Gasteiger partial charge in [-0.25, -0.2) is 9.97 Å². The Morgan fingerprint density at radius 2 is 1.67 bits per heavy atom. The van der Waals surface area contributed by atoms with E-state index in [2.05, 4.69) is 55.6 Å². The molecule has 0 unspecified atom stereocenters. The molecule has 5 nitrogen and oxygen atoms in total. The first-order chi connectivity index (χ1) is 14.6. The van der Waals surface area contributed by atoms with E-state index in [9.17, 15) is 4.79 Å². The van der Waals surface area contributed by atoms with Gasteiger partial charge in [-0.3, -0.25) is 4.79 Å². The van der Waals surface area contributed by atoms with E-state index >= 15 is 0 Å². The second-order valence-corrected chi connectivity index (χ2v) is 7.74. The smallest absolute Gasteiger partial charge is 0.255 e. The first kappa shape index (κ1) is 19.8. The van der Waals surface area contributed by atoms with Gasteiger partial charge in [0.1, 0.15) is 12.1 Å². The van der Waals surface area contributed by atoms with Crippen molar-refractivity contribution in [1.82, 2.24) is 9.97 Å². The topological polar surface area (TPSA) is 66.9 Å². The van der Waals surface area contributed by atoms with E-state index in [0.717, 1.165) is 27.1 Å². The molecule has 6 heteroatoms. The van der Waals surface area contributed by atoms with Gasteiger partial charge in [-0.15, -0.1) is 0 Å². The van der Waals surface area contributed by atoms with Crippen molar-refractivity contribution in [1.29, 1.82) is 0 Å². The number of carbonyl (C=O) groups is 1. The zero-order chi connectivity index (χ0) is 20.9. The highest BCUT2D eigenvalue weighted by Crippen LogP contribution is 2.23. The highest BCUT2D eigenvalue weighted by atomic mass is 79.9. The first-order valence-electron chi connectivity index (χ1n) is 9.40. The third kappa shape index (κ3) is 4.90. The average molecular weight is 459 g/mol. The average Bonchev–Trinajstić information content (AvgIpc) is 2.74. The van der Waals surface area contributed by atoms with Crippen molar-refractivity contribution in [3.8, 4) is 11.3 Å². The minimum absolute atomic E-state index is 0.181. The summed E-state index contributed by atoms with van der Waals surface area (Å²) in [5, 5.41) is 6.16. The van der Waals surface area contributed by atoms with Gasteiger partial charge in [0.05, 0.1) is 5.69 Å². The van der Waals surface area contributed by atoms with Gasteiger partial charge in [0.2, 0.25) is 0 Å². The molecule has 0 aliphatic rings. The van der Waals surface area contributed by atoms with E-state index in [-0.39, 0.29) is 5.91 Å². The zero-order valence-corrected chi connectivity index (χ0v) is 17.8. The Kier molecular flexibility index (Phi) is 5.86. The van der Waals surface area contributed by atoms with Crippen molar-refractivity contribution in [2.24, 2.45) is 0 Å². The van der Waals surface area contributed by atoms with Gasteiger partial charge in [-0.2, -0.15) is 0 Å². The summed E-state index contributed by atoms with van der Waals surface area (Å²) in [4.78, 5) is 21.3.